The van der Waals surface area contributed by atoms with E-state index in [1.165, 1.54) is 4.68 Å². The number of rotatable bonds is 7. The van der Waals surface area contributed by atoms with Crippen LogP contribution in [0.5, 0.6) is 5.75 Å². The van der Waals surface area contributed by atoms with Gasteiger partial charge in [-0.2, -0.15) is 4.68 Å². The predicted octanol–water partition coefficient (Wildman–Crippen LogP) is 2.69. The van der Waals surface area contributed by atoms with Crippen LogP contribution in [0.25, 0.3) is 5.69 Å². The number of thioether (sulfide) groups is 1. The fourth-order valence-electron chi connectivity index (χ4n) is 2.29. The maximum absolute atomic E-state index is 12.2. The molecule has 0 aliphatic heterocycles. The van der Waals surface area contributed by atoms with Gasteiger partial charge in [0.05, 0.1) is 23.7 Å². The van der Waals surface area contributed by atoms with Crippen molar-refractivity contribution in [3.05, 3.63) is 65.1 Å². The number of carbonyl (C=O) groups is 1. The van der Waals surface area contributed by atoms with E-state index in [0.717, 1.165) is 11.8 Å². The van der Waals surface area contributed by atoms with Gasteiger partial charge < -0.3 is 10.1 Å². The molecule has 0 aliphatic rings. The Morgan fingerprint density at radius 3 is 2.69 bits per heavy atom. The number of carbonyl (C=O) groups excluding carboxylic acids is 1. The number of benzene rings is 2. The van der Waals surface area contributed by atoms with E-state index < -0.39 is 0 Å². The fraction of sp³-hybridized carbons (Fsp3) is 0.167. The van der Waals surface area contributed by atoms with Gasteiger partial charge in [-0.05, 0) is 31.2 Å². The molecule has 8 heteroatoms. The molecule has 26 heavy (non-hydrogen) atoms. The van der Waals surface area contributed by atoms with Crippen LogP contribution in [0, 0.1) is 0 Å². The third-order valence-electron chi connectivity index (χ3n) is 3.40. The number of aromatic amines is 1. The van der Waals surface area contributed by atoms with Gasteiger partial charge in [0, 0.05) is 0 Å². The molecule has 0 spiro atoms. The van der Waals surface area contributed by atoms with Crippen molar-refractivity contribution < 1.29 is 9.53 Å². The van der Waals surface area contributed by atoms with Crippen LogP contribution < -0.4 is 15.7 Å². The summed E-state index contributed by atoms with van der Waals surface area (Å²) in [6.45, 7) is 2.40. The van der Waals surface area contributed by atoms with Crippen molar-refractivity contribution in [2.45, 2.75) is 12.1 Å². The molecule has 3 rings (SSSR count). The maximum atomic E-state index is 12.2. The van der Waals surface area contributed by atoms with E-state index >= 15 is 0 Å². The second-order valence-corrected chi connectivity index (χ2v) is 6.21. The molecule has 0 unspecified atom stereocenters. The van der Waals surface area contributed by atoms with Gasteiger partial charge in [-0.15, -0.1) is 5.10 Å². The number of amides is 1. The van der Waals surface area contributed by atoms with Crippen molar-refractivity contribution in [2.75, 3.05) is 17.7 Å². The van der Waals surface area contributed by atoms with Crippen LogP contribution in [0.3, 0.4) is 0 Å². The van der Waals surface area contributed by atoms with Crippen molar-refractivity contribution in [1.29, 1.82) is 0 Å². The Morgan fingerprint density at radius 2 is 1.92 bits per heavy atom. The van der Waals surface area contributed by atoms with E-state index in [2.05, 4.69) is 15.4 Å². The third-order valence-corrected chi connectivity index (χ3v) is 4.26. The maximum Gasteiger partial charge on any atom is 0.348 e. The van der Waals surface area contributed by atoms with Gasteiger partial charge in [-0.25, -0.2) is 4.79 Å². The van der Waals surface area contributed by atoms with Gasteiger partial charge in [0.1, 0.15) is 5.75 Å². The summed E-state index contributed by atoms with van der Waals surface area (Å²) in [5, 5.41) is 7.40. The zero-order valence-electron chi connectivity index (χ0n) is 14.1. The largest absolute Gasteiger partial charge is 0.492 e. The molecule has 0 saturated heterocycles. The van der Waals surface area contributed by atoms with Crippen molar-refractivity contribution >= 4 is 23.4 Å². The second kappa shape index (κ2) is 8.39. The lowest BCUT2D eigenvalue weighted by molar-refractivity contribution is -0.113. The van der Waals surface area contributed by atoms with Gasteiger partial charge in [-0.1, -0.05) is 42.1 Å². The summed E-state index contributed by atoms with van der Waals surface area (Å²) in [7, 11) is 0. The van der Waals surface area contributed by atoms with Crippen LogP contribution in [0.4, 0.5) is 5.69 Å². The monoisotopic (exact) mass is 370 g/mol. The van der Waals surface area contributed by atoms with Crippen LogP contribution in [0.15, 0.2) is 64.5 Å². The molecule has 134 valence electrons. The molecule has 0 aliphatic carbocycles. The van der Waals surface area contributed by atoms with Crippen molar-refractivity contribution in [2.24, 2.45) is 0 Å². The number of nitrogens with zero attached hydrogens (tertiary/aromatic N) is 2. The first-order chi connectivity index (χ1) is 12.7. The molecule has 7 nitrogen and oxygen atoms in total. The second-order valence-electron chi connectivity index (χ2n) is 5.25. The first kappa shape index (κ1) is 17.8. The van der Waals surface area contributed by atoms with E-state index in [1.54, 1.807) is 24.3 Å². The molecule has 3 aromatic rings. The molecular formula is C18H18N4O3S. The van der Waals surface area contributed by atoms with Crippen LogP contribution in [0.2, 0.25) is 0 Å². The van der Waals surface area contributed by atoms with Gasteiger partial charge >= 0.3 is 5.69 Å². The Labute approximate surface area is 154 Å². The van der Waals surface area contributed by atoms with Gasteiger partial charge in [0.2, 0.25) is 5.91 Å². The van der Waals surface area contributed by atoms with Gasteiger partial charge in [0.25, 0.3) is 0 Å². The van der Waals surface area contributed by atoms with Crippen LogP contribution in [-0.2, 0) is 4.79 Å². The third kappa shape index (κ3) is 4.34. The van der Waals surface area contributed by atoms with E-state index in [-0.39, 0.29) is 17.3 Å². The Morgan fingerprint density at radius 1 is 1.19 bits per heavy atom. The van der Waals surface area contributed by atoms with Crippen molar-refractivity contribution in [3.8, 4) is 11.4 Å². The lowest BCUT2D eigenvalue weighted by Gasteiger charge is -2.10. The normalized spacial score (nSPS) is 10.5. The highest BCUT2D eigenvalue weighted by Gasteiger charge is 2.11. The molecule has 2 N–H and O–H groups in total. The molecule has 0 radical (unpaired) electrons. The molecule has 0 atom stereocenters. The lowest BCUT2D eigenvalue weighted by atomic mass is 10.3. The molecule has 2 aromatic carbocycles. The summed E-state index contributed by atoms with van der Waals surface area (Å²) >= 11 is 1.16. The zero-order valence-corrected chi connectivity index (χ0v) is 15.0. The summed E-state index contributed by atoms with van der Waals surface area (Å²) in [5.41, 5.74) is 0.930. The standard InChI is InChI=1S/C18H18N4O3S/c1-2-25-15-11-7-6-10-14(15)19-16(23)12-26-17-20-18(24)22(21-17)13-8-4-3-5-9-13/h3-11H,2,12H2,1H3,(H,19,23)(H,20,21,24). The molecule has 1 aromatic heterocycles. The molecule has 0 bridgehead atoms. The highest BCUT2D eigenvalue weighted by atomic mass is 32.2. The molecular weight excluding hydrogens is 352 g/mol. The average Bonchev–Trinajstić information content (AvgIpc) is 3.03. The first-order valence-electron chi connectivity index (χ1n) is 8.06. The minimum atomic E-state index is -0.346. The van der Waals surface area contributed by atoms with Crippen LogP contribution >= 0.6 is 11.8 Å². The minimum Gasteiger partial charge on any atom is -0.492 e. The summed E-state index contributed by atoms with van der Waals surface area (Å²) in [4.78, 5) is 26.8. The first-order valence-corrected chi connectivity index (χ1v) is 9.05. The summed E-state index contributed by atoms with van der Waals surface area (Å²) in [6, 6.07) is 16.3. The Balaban J connectivity index is 1.63. The smallest absolute Gasteiger partial charge is 0.348 e. The van der Waals surface area contributed by atoms with Crippen molar-refractivity contribution in [3.63, 3.8) is 0 Å². The number of hydrogen-bond acceptors (Lipinski definition) is 5. The number of para-hydroxylation sites is 3. The van der Waals surface area contributed by atoms with E-state index in [0.29, 0.717) is 28.9 Å². The van der Waals surface area contributed by atoms with E-state index in [1.807, 2.05) is 37.3 Å². The van der Waals surface area contributed by atoms with Gasteiger partial charge in [-0.3, -0.25) is 9.78 Å². The molecule has 1 heterocycles. The predicted molar refractivity (Wildman–Crippen MR) is 101 cm³/mol. The number of aromatic nitrogens is 3. The molecule has 0 fully saturated rings. The van der Waals surface area contributed by atoms with Crippen LogP contribution in [-0.4, -0.2) is 33.0 Å². The number of hydrogen-bond donors (Lipinski definition) is 2. The highest BCUT2D eigenvalue weighted by Crippen LogP contribution is 2.24. The lowest BCUT2D eigenvalue weighted by Crippen LogP contribution is -2.15. The molecule has 0 saturated carbocycles. The summed E-state index contributed by atoms with van der Waals surface area (Å²) in [5.74, 6) is 0.523. The van der Waals surface area contributed by atoms with Gasteiger partial charge in [0.15, 0.2) is 5.16 Å². The quantitative estimate of drug-likeness (QED) is 0.624. The summed E-state index contributed by atoms with van der Waals surface area (Å²) < 4.78 is 6.75. The number of H-pyrrole nitrogens is 1. The van der Waals surface area contributed by atoms with Crippen molar-refractivity contribution in [1.82, 2.24) is 14.8 Å². The average molecular weight is 370 g/mol. The Bertz CT molecular complexity index is 937. The number of nitrogens with one attached hydrogen (secondary N) is 2. The Kier molecular flexibility index (Phi) is 5.75. The summed E-state index contributed by atoms with van der Waals surface area (Å²) in [6.07, 6.45) is 0. The highest BCUT2D eigenvalue weighted by molar-refractivity contribution is 7.99. The van der Waals surface area contributed by atoms with E-state index in [9.17, 15) is 9.59 Å². The van der Waals surface area contributed by atoms with Crippen LogP contribution in [0.1, 0.15) is 6.92 Å². The number of anilines is 1. The minimum absolute atomic E-state index is 0.113. The fourth-order valence-corrected chi connectivity index (χ4v) is 2.93. The zero-order chi connectivity index (χ0) is 18.4. The Hall–Kier alpha value is -3.00. The number of ether oxygens (including phenoxy) is 1. The topological polar surface area (TPSA) is 89.0 Å². The molecule has 1 amide bonds. The van der Waals surface area contributed by atoms with E-state index in [4.69, 9.17) is 4.74 Å². The SMILES string of the molecule is CCOc1ccccc1NC(=O)CSc1nn(-c2ccccc2)c(=O)[nH]1.